The van der Waals surface area contributed by atoms with E-state index in [9.17, 15) is 49.5 Å². The van der Waals surface area contributed by atoms with E-state index in [-0.39, 0.29) is 35.1 Å². The second kappa shape index (κ2) is 17.7. The number of ether oxygens (including phenoxy) is 4. The maximum Gasteiger partial charge on any atom is 0.342 e. The Labute approximate surface area is 275 Å². The van der Waals surface area contributed by atoms with E-state index in [4.69, 9.17) is 29.2 Å². The van der Waals surface area contributed by atoms with Crippen LogP contribution >= 0.6 is 0 Å². The maximum absolute atomic E-state index is 13.0. The van der Waals surface area contributed by atoms with E-state index in [1.807, 2.05) is 0 Å². The van der Waals surface area contributed by atoms with Crippen molar-refractivity contribution < 1.29 is 78.7 Å². The number of carbonyl (C=O) groups is 5. The molecule has 2 rings (SSSR count). The highest BCUT2D eigenvalue weighted by molar-refractivity contribution is 5.95. The zero-order chi connectivity index (χ0) is 36.3. The predicted molar refractivity (Wildman–Crippen MR) is 162 cm³/mol. The van der Waals surface area contributed by atoms with Gasteiger partial charge in [0.15, 0.2) is 0 Å². The molecule has 16 nitrogen and oxygen atoms in total. The smallest absolute Gasteiger partial charge is 0.342 e. The minimum absolute atomic E-state index is 0.0413. The third-order valence-corrected chi connectivity index (χ3v) is 6.60. The molecule has 0 heterocycles. The number of carboxylic acids is 1. The summed E-state index contributed by atoms with van der Waals surface area (Å²) in [5.74, 6) is -7.09. The quantitative estimate of drug-likeness (QED) is 0.0928. The predicted octanol–water partition coefficient (Wildman–Crippen LogP) is 1.86. The van der Waals surface area contributed by atoms with Gasteiger partial charge in [-0.15, -0.1) is 0 Å². The van der Waals surface area contributed by atoms with Crippen LogP contribution in [0, 0.1) is 0 Å². The molecule has 0 saturated carbocycles. The number of rotatable bonds is 17. The molecule has 0 fully saturated rings. The molecule has 264 valence electrons. The van der Waals surface area contributed by atoms with Gasteiger partial charge in [0, 0.05) is 25.0 Å². The zero-order valence-electron chi connectivity index (χ0n) is 26.7. The molecule has 0 aliphatic rings. The molecule has 7 N–H and O–H groups in total. The Morgan fingerprint density at radius 1 is 0.604 bits per heavy atom. The van der Waals surface area contributed by atoms with Gasteiger partial charge in [0.1, 0.15) is 58.5 Å². The number of hydrogen-bond acceptors (Lipinski definition) is 15. The van der Waals surface area contributed by atoms with Gasteiger partial charge in [-0.05, 0) is 51.0 Å². The van der Waals surface area contributed by atoms with Crippen LogP contribution in [0.4, 0.5) is 0 Å². The van der Waals surface area contributed by atoms with Crippen molar-refractivity contribution in [2.75, 3.05) is 6.61 Å². The molecule has 48 heavy (non-hydrogen) atoms. The highest BCUT2D eigenvalue weighted by Crippen LogP contribution is 2.31. The third kappa shape index (κ3) is 12.3. The number of aromatic hydroxyl groups is 4. The number of phenols is 4. The lowest BCUT2D eigenvalue weighted by atomic mass is 10.00. The Hall–Kier alpha value is -5.09. The van der Waals surface area contributed by atoms with E-state index in [0.717, 1.165) is 24.3 Å². The molecule has 0 radical (unpaired) electrons. The highest BCUT2D eigenvalue weighted by atomic mass is 16.6. The van der Waals surface area contributed by atoms with Crippen molar-refractivity contribution in [3.8, 4) is 23.0 Å². The number of hydrogen-bond donors (Lipinski definition) is 7. The molecule has 0 bridgehead atoms. The number of aliphatic carboxylic acids is 1. The zero-order valence-corrected chi connectivity index (χ0v) is 26.7. The number of aliphatic hydroxyl groups excluding tert-OH is 2. The van der Waals surface area contributed by atoms with Crippen LogP contribution < -0.4 is 0 Å². The van der Waals surface area contributed by atoms with Crippen molar-refractivity contribution in [3.05, 3.63) is 46.5 Å². The molecule has 0 aliphatic carbocycles. The fourth-order valence-corrected chi connectivity index (χ4v) is 4.68. The average molecular weight is 681 g/mol. The van der Waals surface area contributed by atoms with Gasteiger partial charge in [-0.3, -0.25) is 14.4 Å². The molecule has 2 aromatic rings. The van der Waals surface area contributed by atoms with E-state index in [2.05, 4.69) is 0 Å². The van der Waals surface area contributed by atoms with E-state index < -0.39 is 109 Å². The molecule has 0 saturated heterocycles. The van der Waals surface area contributed by atoms with Gasteiger partial charge in [-0.2, -0.15) is 0 Å². The lowest BCUT2D eigenvalue weighted by Crippen LogP contribution is -2.26. The molecular weight excluding hydrogens is 640 g/mol. The normalized spacial score (nSPS) is 14.1. The summed E-state index contributed by atoms with van der Waals surface area (Å²) in [5.41, 5.74) is -0.628. The SMILES string of the molecule is C[C@H](Cc1cc(O)cc(O)c1C(=O)O[C@H](C)CC(=O)O)OC(=O)C[C@@H](C)OC(=O)c1c(O)cc(O)cc1C[C@@H](C)OC(=O)C[C@H](O)CO. The Morgan fingerprint density at radius 3 is 1.40 bits per heavy atom. The summed E-state index contributed by atoms with van der Waals surface area (Å²) in [7, 11) is 0. The molecule has 0 aromatic heterocycles. The summed E-state index contributed by atoms with van der Waals surface area (Å²) < 4.78 is 20.9. The lowest BCUT2D eigenvalue weighted by Gasteiger charge is -2.20. The molecule has 0 unspecified atom stereocenters. The molecule has 2 aromatic carbocycles. The second-order valence-electron chi connectivity index (χ2n) is 11.3. The Morgan fingerprint density at radius 2 is 1.00 bits per heavy atom. The Bertz CT molecular complexity index is 1480. The van der Waals surface area contributed by atoms with Crippen LogP contribution in [-0.4, -0.2) is 103 Å². The third-order valence-electron chi connectivity index (χ3n) is 6.60. The van der Waals surface area contributed by atoms with E-state index in [0.29, 0.717) is 0 Å². The topological polar surface area (TPSA) is 264 Å². The molecule has 5 atom stereocenters. The number of aliphatic hydroxyl groups is 2. The van der Waals surface area contributed by atoms with Crippen molar-refractivity contribution in [2.45, 2.75) is 90.3 Å². The highest BCUT2D eigenvalue weighted by Gasteiger charge is 2.27. The molecule has 0 aliphatic heterocycles. The first-order valence-electron chi connectivity index (χ1n) is 14.8. The number of phenolic OH excluding ortho intramolecular Hbond substituents is 4. The van der Waals surface area contributed by atoms with Crippen LogP contribution in [0.1, 0.15) is 78.8 Å². The Kier molecular flexibility index (Phi) is 14.4. The number of esters is 4. The van der Waals surface area contributed by atoms with Gasteiger partial charge in [-0.1, -0.05) is 0 Å². The van der Waals surface area contributed by atoms with Gasteiger partial charge in [0.05, 0.1) is 32.0 Å². The average Bonchev–Trinajstić information content (AvgIpc) is 2.90. The number of carboxylic acid groups (broad SMARTS) is 1. The summed E-state index contributed by atoms with van der Waals surface area (Å²) in [6, 6.07) is 4.09. The fraction of sp³-hybridized carbons (Fsp3) is 0.469. The summed E-state index contributed by atoms with van der Waals surface area (Å²) in [6.45, 7) is 4.98. The van der Waals surface area contributed by atoms with Gasteiger partial charge < -0.3 is 54.7 Å². The molecule has 0 amide bonds. The first kappa shape index (κ1) is 39.1. The fourth-order valence-electron chi connectivity index (χ4n) is 4.68. The van der Waals surface area contributed by atoms with Crippen LogP contribution in [0.3, 0.4) is 0 Å². The molecular formula is C32H40O16. The van der Waals surface area contributed by atoms with Crippen LogP contribution in [-0.2, 0) is 46.2 Å². The number of carbonyl (C=O) groups excluding carboxylic acids is 4. The first-order valence-corrected chi connectivity index (χ1v) is 14.8. The van der Waals surface area contributed by atoms with E-state index in [1.165, 1.54) is 27.7 Å². The Balaban J connectivity index is 2.07. The van der Waals surface area contributed by atoms with Crippen molar-refractivity contribution in [1.82, 2.24) is 0 Å². The van der Waals surface area contributed by atoms with Crippen LogP contribution in [0.25, 0.3) is 0 Å². The van der Waals surface area contributed by atoms with Crippen LogP contribution in [0.2, 0.25) is 0 Å². The summed E-state index contributed by atoms with van der Waals surface area (Å²) in [5, 5.41) is 67.9. The summed E-state index contributed by atoms with van der Waals surface area (Å²) >= 11 is 0. The van der Waals surface area contributed by atoms with Crippen molar-refractivity contribution >= 4 is 29.8 Å². The van der Waals surface area contributed by atoms with Crippen molar-refractivity contribution in [1.29, 1.82) is 0 Å². The second-order valence-corrected chi connectivity index (χ2v) is 11.3. The largest absolute Gasteiger partial charge is 0.508 e. The minimum Gasteiger partial charge on any atom is -0.508 e. The minimum atomic E-state index is -1.32. The van der Waals surface area contributed by atoms with Crippen molar-refractivity contribution in [3.63, 3.8) is 0 Å². The van der Waals surface area contributed by atoms with Gasteiger partial charge in [0.2, 0.25) is 0 Å². The summed E-state index contributed by atoms with van der Waals surface area (Å²) in [4.78, 5) is 61.3. The van der Waals surface area contributed by atoms with E-state index in [1.54, 1.807) is 0 Å². The van der Waals surface area contributed by atoms with Gasteiger partial charge in [0.25, 0.3) is 0 Å². The molecule has 16 heteroatoms. The van der Waals surface area contributed by atoms with Gasteiger partial charge in [-0.25, -0.2) is 9.59 Å². The van der Waals surface area contributed by atoms with Crippen LogP contribution in [0.15, 0.2) is 24.3 Å². The lowest BCUT2D eigenvalue weighted by molar-refractivity contribution is -0.151. The van der Waals surface area contributed by atoms with Crippen LogP contribution in [0.5, 0.6) is 23.0 Å². The van der Waals surface area contributed by atoms with Gasteiger partial charge >= 0.3 is 29.8 Å². The standard InChI is InChI=1S/C32H40O16/c1-15(5-19-9-21(34)11-24(37)29(19)31(43)47-17(3)7-26(39)40)45-27(41)8-18(4)48-32(44)30-20(10-22(35)12-25(30)38)6-16(2)46-28(42)13-23(36)14-33/h9-12,15-18,23,33-38H,5-8,13-14H2,1-4H3,(H,39,40)/t15-,16-,17-,18-,23+/m1/s1. The summed E-state index contributed by atoms with van der Waals surface area (Å²) in [6.07, 6.45) is -7.08. The maximum atomic E-state index is 13.0. The number of benzene rings is 2. The first-order chi connectivity index (χ1) is 22.4. The monoisotopic (exact) mass is 680 g/mol. The van der Waals surface area contributed by atoms with E-state index >= 15 is 0 Å². The van der Waals surface area contributed by atoms with Crippen molar-refractivity contribution in [2.24, 2.45) is 0 Å². The molecule has 0 spiro atoms.